The molecule has 1 saturated heterocycles. The predicted octanol–water partition coefficient (Wildman–Crippen LogP) is 1.20. The summed E-state index contributed by atoms with van der Waals surface area (Å²) in [4.78, 5) is 2.16. The summed E-state index contributed by atoms with van der Waals surface area (Å²) in [5.74, 6) is -1.65. The Labute approximate surface area is 86.7 Å². The van der Waals surface area contributed by atoms with Gasteiger partial charge in [-0.25, -0.2) is 0 Å². The highest BCUT2D eigenvalue weighted by atomic mass is 16.5. The molecule has 0 spiro atoms. The van der Waals surface area contributed by atoms with Gasteiger partial charge in [0.15, 0.2) is 5.79 Å². The molecule has 0 aromatic heterocycles. The zero-order chi connectivity index (χ0) is 11.2. The number of hydrogen-bond acceptors (Lipinski definition) is 3. The maximum atomic E-state index is 9.93. The smallest absolute Gasteiger partial charge is 0.178 e. The molecule has 1 rings (SSSR count). The monoisotopic (exact) mass is 201 g/mol. The fraction of sp³-hybridized carbons (Fsp3) is 1.00. The average Bonchev–Trinajstić information content (AvgIpc) is 2.24. The zero-order valence-electron chi connectivity index (χ0n) is 9.96. The third kappa shape index (κ3) is 1.38. The lowest BCUT2D eigenvalue weighted by atomic mass is 9.69. The van der Waals surface area contributed by atoms with E-state index >= 15 is 0 Å². The predicted molar refractivity (Wildman–Crippen MR) is 56.9 cm³/mol. The Balaban J connectivity index is 3.12. The van der Waals surface area contributed by atoms with Crippen LogP contribution < -0.4 is 0 Å². The van der Waals surface area contributed by atoms with Gasteiger partial charge in [-0.05, 0) is 38.8 Å². The van der Waals surface area contributed by atoms with Crippen LogP contribution in [0.4, 0.5) is 0 Å². The molecule has 2 N–H and O–H groups in total. The number of hydrogen-bond donors (Lipinski definition) is 2. The van der Waals surface area contributed by atoms with Gasteiger partial charge in [0.2, 0.25) is 0 Å². The number of likely N-dealkylation sites (N-methyl/N-ethyl adjacent to an activating group) is 1. The van der Waals surface area contributed by atoms with Crippen LogP contribution in [-0.4, -0.2) is 39.5 Å². The Morgan fingerprint density at radius 1 is 1.29 bits per heavy atom. The molecule has 14 heavy (non-hydrogen) atoms. The second-order valence-corrected chi connectivity index (χ2v) is 5.31. The van der Waals surface area contributed by atoms with Crippen molar-refractivity contribution in [3.05, 3.63) is 0 Å². The summed E-state index contributed by atoms with van der Waals surface area (Å²) in [7, 11) is 0. The van der Waals surface area contributed by atoms with Crippen molar-refractivity contribution in [2.45, 2.75) is 52.4 Å². The summed E-state index contributed by atoms with van der Waals surface area (Å²) in [5.41, 5.74) is -0.629. The van der Waals surface area contributed by atoms with E-state index in [-0.39, 0.29) is 5.41 Å². The van der Waals surface area contributed by atoms with Crippen molar-refractivity contribution in [3.63, 3.8) is 0 Å². The van der Waals surface area contributed by atoms with Gasteiger partial charge in [-0.1, -0.05) is 20.8 Å². The van der Waals surface area contributed by atoms with Gasteiger partial charge < -0.3 is 10.2 Å². The molecule has 1 fully saturated rings. The summed E-state index contributed by atoms with van der Waals surface area (Å²) < 4.78 is 0. The summed E-state index contributed by atoms with van der Waals surface area (Å²) in [6.07, 6.45) is 1.01. The molecule has 84 valence electrons. The second-order valence-electron chi connectivity index (χ2n) is 5.31. The lowest BCUT2D eigenvalue weighted by Gasteiger charge is -2.50. The maximum absolute atomic E-state index is 9.93. The molecular formula is C11H23NO2. The van der Waals surface area contributed by atoms with Crippen molar-refractivity contribution in [3.8, 4) is 0 Å². The van der Waals surface area contributed by atoms with Gasteiger partial charge >= 0.3 is 0 Å². The normalized spacial score (nSPS) is 33.6. The van der Waals surface area contributed by atoms with E-state index in [9.17, 15) is 10.2 Å². The first kappa shape index (κ1) is 12.0. The first-order chi connectivity index (χ1) is 6.17. The van der Waals surface area contributed by atoms with Crippen molar-refractivity contribution in [2.24, 2.45) is 5.41 Å². The standard InChI is InChI=1S/C11H23NO2/c1-6-12-8-7-9(2,3)10(12,4)11(5,13)14/h13-14H,6-8H2,1-5H3/t10-/m1/s1. The molecule has 3 heteroatoms. The van der Waals surface area contributed by atoms with Crippen LogP contribution in [0.15, 0.2) is 0 Å². The molecule has 3 nitrogen and oxygen atoms in total. The number of nitrogens with zero attached hydrogens (tertiary/aromatic N) is 1. The van der Waals surface area contributed by atoms with Crippen molar-refractivity contribution in [1.82, 2.24) is 4.90 Å². The topological polar surface area (TPSA) is 43.7 Å². The molecular weight excluding hydrogens is 178 g/mol. The highest BCUT2D eigenvalue weighted by Crippen LogP contribution is 2.49. The first-order valence-corrected chi connectivity index (χ1v) is 5.36. The Morgan fingerprint density at radius 3 is 2.07 bits per heavy atom. The number of aliphatic hydroxyl groups is 2. The van der Waals surface area contributed by atoms with Gasteiger partial charge in [-0.2, -0.15) is 0 Å². The van der Waals surface area contributed by atoms with E-state index in [0.29, 0.717) is 0 Å². The fourth-order valence-electron chi connectivity index (χ4n) is 2.72. The lowest BCUT2D eigenvalue weighted by Crippen LogP contribution is -2.64. The van der Waals surface area contributed by atoms with Crippen LogP contribution >= 0.6 is 0 Å². The van der Waals surface area contributed by atoms with Crippen LogP contribution in [-0.2, 0) is 0 Å². The van der Waals surface area contributed by atoms with Crippen LogP contribution in [0.2, 0.25) is 0 Å². The van der Waals surface area contributed by atoms with E-state index < -0.39 is 11.3 Å². The molecule has 0 aliphatic carbocycles. The lowest BCUT2D eigenvalue weighted by molar-refractivity contribution is -0.246. The highest BCUT2D eigenvalue weighted by molar-refractivity contribution is 5.09. The summed E-state index contributed by atoms with van der Waals surface area (Å²) >= 11 is 0. The second kappa shape index (κ2) is 3.19. The SMILES string of the molecule is CCN1CCC(C)(C)[C@]1(C)C(C)(O)O. The average molecular weight is 201 g/mol. The quantitative estimate of drug-likeness (QED) is 0.660. The van der Waals surface area contributed by atoms with Gasteiger partial charge in [0.05, 0.1) is 5.54 Å². The Morgan fingerprint density at radius 2 is 1.79 bits per heavy atom. The van der Waals surface area contributed by atoms with Gasteiger partial charge in [0, 0.05) is 0 Å². The van der Waals surface area contributed by atoms with E-state index in [1.165, 1.54) is 6.92 Å². The van der Waals surface area contributed by atoms with Crippen LogP contribution in [0.25, 0.3) is 0 Å². The van der Waals surface area contributed by atoms with Crippen LogP contribution in [0.5, 0.6) is 0 Å². The summed E-state index contributed by atoms with van der Waals surface area (Å²) in [5, 5.41) is 19.9. The molecule has 1 heterocycles. The number of likely N-dealkylation sites (tertiary alicyclic amines) is 1. The minimum Gasteiger partial charge on any atom is -0.364 e. The first-order valence-electron chi connectivity index (χ1n) is 5.36. The molecule has 0 unspecified atom stereocenters. The van der Waals surface area contributed by atoms with Gasteiger partial charge in [-0.15, -0.1) is 0 Å². The molecule has 0 saturated carbocycles. The van der Waals surface area contributed by atoms with Crippen LogP contribution in [0.3, 0.4) is 0 Å². The van der Waals surface area contributed by atoms with E-state index in [2.05, 4.69) is 25.7 Å². The van der Waals surface area contributed by atoms with Crippen molar-refractivity contribution >= 4 is 0 Å². The third-order valence-electron chi connectivity index (χ3n) is 4.26. The molecule has 0 amide bonds. The Hall–Kier alpha value is -0.120. The Kier molecular flexibility index (Phi) is 2.72. The highest BCUT2D eigenvalue weighted by Gasteiger charge is 2.59. The number of rotatable bonds is 2. The molecule has 1 aliphatic rings. The van der Waals surface area contributed by atoms with E-state index in [4.69, 9.17) is 0 Å². The van der Waals surface area contributed by atoms with E-state index in [1.807, 2.05) is 6.92 Å². The molecule has 0 aromatic carbocycles. The third-order valence-corrected chi connectivity index (χ3v) is 4.26. The molecule has 1 aliphatic heterocycles. The van der Waals surface area contributed by atoms with E-state index in [0.717, 1.165) is 19.5 Å². The fourth-order valence-corrected chi connectivity index (χ4v) is 2.72. The van der Waals surface area contributed by atoms with Gasteiger partial charge in [-0.3, -0.25) is 4.90 Å². The van der Waals surface area contributed by atoms with Crippen LogP contribution in [0.1, 0.15) is 41.0 Å². The minimum absolute atomic E-state index is 0.0682. The molecule has 0 aromatic rings. The zero-order valence-corrected chi connectivity index (χ0v) is 9.96. The van der Waals surface area contributed by atoms with Gasteiger partial charge in [0.1, 0.15) is 0 Å². The summed E-state index contributed by atoms with van der Waals surface area (Å²) in [6.45, 7) is 11.5. The van der Waals surface area contributed by atoms with Crippen molar-refractivity contribution in [2.75, 3.05) is 13.1 Å². The largest absolute Gasteiger partial charge is 0.364 e. The molecule has 0 radical (unpaired) electrons. The molecule has 1 atom stereocenters. The van der Waals surface area contributed by atoms with Gasteiger partial charge in [0.25, 0.3) is 0 Å². The van der Waals surface area contributed by atoms with Crippen molar-refractivity contribution in [1.29, 1.82) is 0 Å². The van der Waals surface area contributed by atoms with Crippen molar-refractivity contribution < 1.29 is 10.2 Å². The summed E-state index contributed by atoms with van der Waals surface area (Å²) in [6, 6.07) is 0. The minimum atomic E-state index is -1.65. The Bertz CT molecular complexity index is 220. The van der Waals surface area contributed by atoms with E-state index in [1.54, 1.807) is 0 Å². The van der Waals surface area contributed by atoms with Crippen LogP contribution in [0, 0.1) is 5.41 Å². The maximum Gasteiger partial charge on any atom is 0.178 e. The molecule has 0 bridgehead atoms.